The van der Waals surface area contributed by atoms with E-state index in [1.807, 2.05) is 13.8 Å². The quantitative estimate of drug-likeness (QED) is 0.767. The molecule has 1 aromatic carbocycles. The minimum atomic E-state index is 0.648. The van der Waals surface area contributed by atoms with Crippen molar-refractivity contribution in [3.05, 3.63) is 35.4 Å². The van der Waals surface area contributed by atoms with Crippen LogP contribution in [0.3, 0.4) is 0 Å². The lowest BCUT2D eigenvalue weighted by atomic mass is 10.1. The van der Waals surface area contributed by atoms with Gasteiger partial charge in [-0.1, -0.05) is 38.1 Å². The average Bonchev–Trinajstić information content (AvgIpc) is 2.56. The van der Waals surface area contributed by atoms with Gasteiger partial charge in [-0.2, -0.15) is 5.10 Å². The van der Waals surface area contributed by atoms with Gasteiger partial charge in [0, 0.05) is 18.7 Å². The van der Waals surface area contributed by atoms with Crippen molar-refractivity contribution in [2.75, 3.05) is 6.61 Å². The minimum Gasteiger partial charge on any atom is -0.386 e. The van der Waals surface area contributed by atoms with E-state index in [2.05, 4.69) is 41.4 Å². The van der Waals surface area contributed by atoms with Crippen LogP contribution in [0.15, 0.2) is 34.5 Å². The molecule has 122 valence electrons. The highest BCUT2D eigenvalue weighted by molar-refractivity contribution is 5.93. The van der Waals surface area contributed by atoms with Crippen molar-refractivity contribution in [3.8, 4) is 0 Å². The molecule has 1 aliphatic rings. The van der Waals surface area contributed by atoms with Crippen LogP contribution in [0, 0.1) is 6.92 Å². The van der Waals surface area contributed by atoms with E-state index in [9.17, 15) is 0 Å². The largest absolute Gasteiger partial charge is 0.386 e. The fraction of sp³-hybridized carbons (Fsp3) is 0.556. The third kappa shape index (κ3) is 6.85. The van der Waals surface area contributed by atoms with Crippen LogP contribution in [0.2, 0.25) is 0 Å². The SMILES string of the molecule is CC.Cc1ccccc1COCCCCC1=NN=C(N)CC1. The Morgan fingerprint density at radius 2 is 1.86 bits per heavy atom. The Labute approximate surface area is 134 Å². The molecule has 0 unspecified atom stereocenters. The number of hydrogen-bond acceptors (Lipinski definition) is 4. The van der Waals surface area contributed by atoms with Gasteiger partial charge in [-0.3, -0.25) is 0 Å². The van der Waals surface area contributed by atoms with Crippen molar-refractivity contribution in [3.63, 3.8) is 0 Å². The van der Waals surface area contributed by atoms with Crippen molar-refractivity contribution in [2.45, 2.75) is 59.5 Å². The number of hydrogen-bond donors (Lipinski definition) is 1. The number of ether oxygens (including phenoxy) is 1. The third-order valence-corrected chi connectivity index (χ3v) is 3.51. The van der Waals surface area contributed by atoms with E-state index in [0.29, 0.717) is 12.4 Å². The molecule has 0 aliphatic carbocycles. The van der Waals surface area contributed by atoms with E-state index >= 15 is 0 Å². The number of unbranched alkanes of at least 4 members (excludes halogenated alkanes) is 1. The second-order valence-electron chi connectivity index (χ2n) is 5.19. The normalized spacial score (nSPS) is 13.8. The lowest BCUT2D eigenvalue weighted by molar-refractivity contribution is 0.117. The number of nitrogens with two attached hydrogens (primary N) is 1. The summed E-state index contributed by atoms with van der Waals surface area (Å²) in [6, 6.07) is 8.35. The molecule has 0 bridgehead atoms. The second kappa shape index (κ2) is 11.0. The summed E-state index contributed by atoms with van der Waals surface area (Å²) in [5, 5.41) is 8.05. The van der Waals surface area contributed by atoms with Crippen LogP contribution in [-0.2, 0) is 11.3 Å². The molecule has 2 rings (SSSR count). The highest BCUT2D eigenvalue weighted by atomic mass is 16.5. The maximum atomic E-state index is 5.72. The lowest BCUT2D eigenvalue weighted by Crippen LogP contribution is -2.17. The van der Waals surface area contributed by atoms with Crippen molar-refractivity contribution < 1.29 is 4.74 Å². The zero-order valence-electron chi connectivity index (χ0n) is 14.1. The van der Waals surface area contributed by atoms with Gasteiger partial charge in [-0.15, -0.1) is 5.10 Å². The average molecular weight is 303 g/mol. The van der Waals surface area contributed by atoms with Gasteiger partial charge < -0.3 is 10.5 Å². The van der Waals surface area contributed by atoms with Crippen LogP contribution in [-0.4, -0.2) is 18.2 Å². The Morgan fingerprint density at radius 1 is 1.09 bits per heavy atom. The maximum absolute atomic E-state index is 5.72. The van der Waals surface area contributed by atoms with Gasteiger partial charge in [0.1, 0.15) is 5.84 Å². The number of aryl methyl sites for hydroxylation is 1. The predicted octanol–water partition coefficient (Wildman–Crippen LogP) is 4.22. The fourth-order valence-corrected chi connectivity index (χ4v) is 2.17. The van der Waals surface area contributed by atoms with E-state index in [1.54, 1.807) is 0 Å². The highest BCUT2D eigenvalue weighted by Crippen LogP contribution is 2.10. The van der Waals surface area contributed by atoms with Gasteiger partial charge in [-0.25, -0.2) is 0 Å². The molecule has 1 heterocycles. The molecule has 22 heavy (non-hydrogen) atoms. The summed E-state index contributed by atoms with van der Waals surface area (Å²) in [6.07, 6.45) is 4.97. The van der Waals surface area contributed by atoms with Crippen LogP contribution in [0.25, 0.3) is 0 Å². The standard InChI is InChI=1S/C16H23N3O.C2H6/c1-13-6-2-3-7-14(13)12-20-11-5-4-8-15-9-10-16(17)19-18-15;1-2/h2-3,6-7H,4-5,8-12H2,1H3,(H2,17,19);1-2H3. The topological polar surface area (TPSA) is 60.0 Å². The molecule has 0 amide bonds. The first-order chi connectivity index (χ1) is 10.8. The van der Waals surface area contributed by atoms with Crippen LogP contribution in [0.1, 0.15) is 57.1 Å². The van der Waals surface area contributed by atoms with Crippen molar-refractivity contribution in [1.82, 2.24) is 0 Å². The highest BCUT2D eigenvalue weighted by Gasteiger charge is 2.06. The number of amidine groups is 1. The number of benzene rings is 1. The van der Waals surface area contributed by atoms with E-state index in [0.717, 1.165) is 44.4 Å². The molecule has 0 atom stereocenters. The first-order valence-electron chi connectivity index (χ1n) is 8.25. The first-order valence-corrected chi connectivity index (χ1v) is 8.25. The van der Waals surface area contributed by atoms with E-state index in [1.165, 1.54) is 11.1 Å². The lowest BCUT2D eigenvalue weighted by Gasteiger charge is -2.09. The smallest absolute Gasteiger partial charge is 0.122 e. The molecule has 0 spiro atoms. The number of nitrogens with zero attached hydrogens (tertiary/aromatic N) is 2. The molecule has 0 saturated carbocycles. The van der Waals surface area contributed by atoms with Crippen LogP contribution < -0.4 is 5.73 Å². The van der Waals surface area contributed by atoms with Gasteiger partial charge in [0.05, 0.1) is 6.61 Å². The van der Waals surface area contributed by atoms with Crippen molar-refractivity contribution in [1.29, 1.82) is 0 Å². The summed E-state index contributed by atoms with van der Waals surface area (Å²) in [4.78, 5) is 0. The van der Waals surface area contributed by atoms with E-state index < -0.39 is 0 Å². The van der Waals surface area contributed by atoms with Crippen molar-refractivity contribution in [2.24, 2.45) is 15.9 Å². The minimum absolute atomic E-state index is 0.648. The molecule has 0 radical (unpaired) electrons. The summed E-state index contributed by atoms with van der Waals surface area (Å²) >= 11 is 0. The third-order valence-electron chi connectivity index (χ3n) is 3.51. The Kier molecular flexibility index (Phi) is 9.15. The molecule has 0 saturated heterocycles. The molecule has 4 nitrogen and oxygen atoms in total. The Bertz CT molecular complexity index is 495. The maximum Gasteiger partial charge on any atom is 0.122 e. The van der Waals surface area contributed by atoms with Crippen molar-refractivity contribution >= 4 is 11.5 Å². The van der Waals surface area contributed by atoms with E-state index in [4.69, 9.17) is 10.5 Å². The summed E-state index contributed by atoms with van der Waals surface area (Å²) in [7, 11) is 0. The number of rotatable bonds is 7. The zero-order valence-corrected chi connectivity index (χ0v) is 14.1. The summed E-state index contributed by atoms with van der Waals surface area (Å²) < 4.78 is 5.72. The Morgan fingerprint density at radius 3 is 2.55 bits per heavy atom. The summed E-state index contributed by atoms with van der Waals surface area (Å²) in [6.45, 7) is 7.62. The molecule has 0 aromatic heterocycles. The van der Waals surface area contributed by atoms with Gasteiger partial charge >= 0.3 is 0 Å². The van der Waals surface area contributed by atoms with Gasteiger partial charge in [0.25, 0.3) is 0 Å². The summed E-state index contributed by atoms with van der Waals surface area (Å²) in [5.74, 6) is 0.648. The van der Waals surface area contributed by atoms with Gasteiger partial charge in [0.2, 0.25) is 0 Å². The molecule has 0 fully saturated rings. The predicted molar refractivity (Wildman–Crippen MR) is 94.3 cm³/mol. The first kappa shape index (κ1) is 18.4. The fourth-order valence-electron chi connectivity index (χ4n) is 2.17. The van der Waals surface area contributed by atoms with Gasteiger partial charge in [0.15, 0.2) is 0 Å². The van der Waals surface area contributed by atoms with Crippen LogP contribution in [0.4, 0.5) is 0 Å². The molecular formula is C18H29N3O. The zero-order chi connectivity index (χ0) is 16.2. The van der Waals surface area contributed by atoms with Crippen LogP contribution in [0.5, 0.6) is 0 Å². The van der Waals surface area contributed by atoms with E-state index in [-0.39, 0.29) is 0 Å². The second-order valence-corrected chi connectivity index (χ2v) is 5.19. The molecule has 2 N–H and O–H groups in total. The van der Waals surface area contributed by atoms with Crippen LogP contribution >= 0.6 is 0 Å². The monoisotopic (exact) mass is 303 g/mol. The molecule has 4 heteroatoms. The molecular weight excluding hydrogens is 274 g/mol. The molecule has 1 aliphatic heterocycles. The van der Waals surface area contributed by atoms with Gasteiger partial charge in [-0.05, 0) is 43.7 Å². The Hall–Kier alpha value is -1.68. The Balaban J connectivity index is 0.00000116. The summed E-state index contributed by atoms with van der Waals surface area (Å²) in [5.41, 5.74) is 9.31. The molecule has 1 aromatic rings.